The number of hydrogen-bond donors (Lipinski definition) is 1. The molecule has 0 bridgehead atoms. The smallest absolute Gasteiger partial charge is 0.261 e. The van der Waals surface area contributed by atoms with E-state index in [0.717, 1.165) is 32.5 Å². The van der Waals surface area contributed by atoms with Crippen LogP contribution in [0.3, 0.4) is 0 Å². The number of hydrogen-bond acceptors (Lipinski definition) is 4. The average molecular weight is 314 g/mol. The lowest BCUT2D eigenvalue weighted by atomic mass is 10.2. The maximum absolute atomic E-state index is 12.7. The number of benzene rings is 1. The number of carbonyl (C=O) groups is 1. The van der Waals surface area contributed by atoms with Crippen molar-refractivity contribution in [1.82, 2.24) is 19.8 Å². The third kappa shape index (κ3) is 3.27. The molecule has 2 aromatic rings. The van der Waals surface area contributed by atoms with E-state index in [2.05, 4.69) is 17.2 Å². The molecule has 122 valence electrons. The van der Waals surface area contributed by atoms with E-state index in [1.807, 2.05) is 17.0 Å². The zero-order chi connectivity index (χ0) is 16.2. The van der Waals surface area contributed by atoms with Crippen LogP contribution in [0, 0.1) is 0 Å². The molecule has 3 rings (SSSR count). The number of rotatable bonds is 5. The molecule has 1 amide bonds. The quantitative estimate of drug-likeness (QED) is 0.894. The van der Waals surface area contributed by atoms with Gasteiger partial charge in [0, 0.05) is 19.1 Å². The van der Waals surface area contributed by atoms with Crippen LogP contribution in [0.5, 0.6) is 0 Å². The van der Waals surface area contributed by atoms with Crippen LogP contribution in [-0.2, 0) is 11.3 Å². The largest absolute Gasteiger partial charge is 0.337 e. The summed E-state index contributed by atoms with van der Waals surface area (Å²) in [5.41, 5.74) is 0.497. The average Bonchev–Trinajstić information content (AvgIpc) is 3.09. The first-order chi connectivity index (χ1) is 11.2. The monoisotopic (exact) mass is 314 g/mol. The zero-order valence-corrected chi connectivity index (χ0v) is 13.4. The van der Waals surface area contributed by atoms with Crippen LogP contribution in [0.2, 0.25) is 0 Å². The van der Waals surface area contributed by atoms with Gasteiger partial charge in [-0.1, -0.05) is 19.1 Å². The SMILES string of the molecule is CCCN(C(=O)Cn1cnc2ccccc2c1=O)C1CCNC1. The fourth-order valence-electron chi connectivity index (χ4n) is 3.11. The van der Waals surface area contributed by atoms with Crippen LogP contribution < -0.4 is 10.9 Å². The highest BCUT2D eigenvalue weighted by molar-refractivity contribution is 5.79. The first kappa shape index (κ1) is 15.7. The van der Waals surface area contributed by atoms with E-state index in [9.17, 15) is 9.59 Å². The van der Waals surface area contributed by atoms with Gasteiger partial charge in [-0.25, -0.2) is 4.98 Å². The van der Waals surface area contributed by atoms with E-state index < -0.39 is 0 Å². The third-order valence-corrected chi connectivity index (χ3v) is 4.30. The Hall–Kier alpha value is -2.21. The van der Waals surface area contributed by atoms with Gasteiger partial charge in [0.05, 0.1) is 17.2 Å². The molecule has 1 N–H and O–H groups in total. The minimum absolute atomic E-state index is 0.0141. The zero-order valence-electron chi connectivity index (χ0n) is 13.4. The fraction of sp³-hybridized carbons (Fsp3) is 0.471. The number of fused-ring (bicyclic) bond motifs is 1. The molecular formula is C17H22N4O2. The molecule has 1 unspecified atom stereocenters. The van der Waals surface area contributed by atoms with E-state index >= 15 is 0 Å². The second kappa shape index (κ2) is 6.91. The van der Waals surface area contributed by atoms with Crippen LogP contribution in [-0.4, -0.2) is 46.0 Å². The maximum atomic E-state index is 12.7. The number of para-hydroxylation sites is 1. The van der Waals surface area contributed by atoms with Crippen LogP contribution in [0.4, 0.5) is 0 Å². The number of aromatic nitrogens is 2. The Kier molecular flexibility index (Phi) is 4.71. The van der Waals surface area contributed by atoms with E-state index in [0.29, 0.717) is 10.9 Å². The molecule has 23 heavy (non-hydrogen) atoms. The number of carbonyl (C=O) groups excluding carboxylic acids is 1. The van der Waals surface area contributed by atoms with Crippen molar-refractivity contribution in [1.29, 1.82) is 0 Å². The number of amides is 1. The number of nitrogens with one attached hydrogen (secondary N) is 1. The lowest BCUT2D eigenvalue weighted by Crippen LogP contribution is -2.44. The van der Waals surface area contributed by atoms with Crippen molar-refractivity contribution >= 4 is 16.8 Å². The minimum atomic E-state index is -0.162. The van der Waals surface area contributed by atoms with Gasteiger partial charge in [0.2, 0.25) is 5.91 Å². The summed E-state index contributed by atoms with van der Waals surface area (Å²) in [4.78, 5) is 31.4. The topological polar surface area (TPSA) is 67.2 Å². The Morgan fingerprint density at radius 3 is 3.00 bits per heavy atom. The van der Waals surface area contributed by atoms with Crippen LogP contribution in [0.1, 0.15) is 19.8 Å². The highest BCUT2D eigenvalue weighted by Crippen LogP contribution is 2.11. The molecule has 1 atom stereocenters. The van der Waals surface area contributed by atoms with Crippen LogP contribution >= 0.6 is 0 Å². The Bertz CT molecular complexity index is 750. The molecule has 2 heterocycles. The van der Waals surface area contributed by atoms with Gasteiger partial charge >= 0.3 is 0 Å². The lowest BCUT2D eigenvalue weighted by Gasteiger charge is -2.28. The summed E-state index contributed by atoms with van der Waals surface area (Å²) in [7, 11) is 0. The van der Waals surface area contributed by atoms with Crippen molar-refractivity contribution in [2.24, 2.45) is 0 Å². The molecule has 1 fully saturated rings. The van der Waals surface area contributed by atoms with Crippen molar-refractivity contribution in [3.05, 3.63) is 40.9 Å². The van der Waals surface area contributed by atoms with Crippen LogP contribution in [0.25, 0.3) is 10.9 Å². The standard InChI is InChI=1S/C17H22N4O2/c1-2-9-21(13-7-8-18-10-13)16(22)11-20-12-19-15-6-4-3-5-14(15)17(20)23/h3-6,12-13,18H,2,7-11H2,1H3. The van der Waals surface area contributed by atoms with Gasteiger partial charge in [-0.3, -0.25) is 14.2 Å². The molecule has 6 nitrogen and oxygen atoms in total. The first-order valence-corrected chi connectivity index (χ1v) is 8.15. The van der Waals surface area contributed by atoms with Gasteiger partial charge in [-0.15, -0.1) is 0 Å². The van der Waals surface area contributed by atoms with Gasteiger partial charge < -0.3 is 10.2 Å². The predicted molar refractivity (Wildman–Crippen MR) is 89.3 cm³/mol. The highest BCUT2D eigenvalue weighted by atomic mass is 16.2. The molecule has 0 saturated carbocycles. The molecule has 1 aliphatic heterocycles. The predicted octanol–water partition coefficient (Wildman–Crippen LogP) is 0.997. The van der Waals surface area contributed by atoms with Gasteiger partial charge in [0.15, 0.2) is 0 Å². The molecule has 1 aromatic carbocycles. The van der Waals surface area contributed by atoms with E-state index in [1.165, 1.54) is 10.9 Å². The summed E-state index contributed by atoms with van der Waals surface area (Å²) in [6, 6.07) is 7.43. The Morgan fingerprint density at radius 1 is 1.43 bits per heavy atom. The molecule has 0 aliphatic carbocycles. The van der Waals surface area contributed by atoms with E-state index in [1.54, 1.807) is 12.1 Å². The van der Waals surface area contributed by atoms with Crippen molar-refractivity contribution in [3.8, 4) is 0 Å². The van der Waals surface area contributed by atoms with Gasteiger partial charge in [0.1, 0.15) is 6.54 Å². The third-order valence-electron chi connectivity index (χ3n) is 4.30. The molecule has 1 aliphatic rings. The lowest BCUT2D eigenvalue weighted by molar-refractivity contribution is -0.133. The number of nitrogens with zero attached hydrogens (tertiary/aromatic N) is 3. The molecule has 1 aromatic heterocycles. The van der Waals surface area contributed by atoms with Crippen molar-refractivity contribution < 1.29 is 4.79 Å². The Labute approximate surface area is 135 Å². The van der Waals surface area contributed by atoms with Crippen LogP contribution in [0.15, 0.2) is 35.4 Å². The summed E-state index contributed by atoms with van der Waals surface area (Å²) in [6.45, 7) is 4.60. The van der Waals surface area contributed by atoms with Crippen molar-refractivity contribution in [2.45, 2.75) is 32.4 Å². The van der Waals surface area contributed by atoms with Crippen molar-refractivity contribution in [3.63, 3.8) is 0 Å². The second-order valence-electron chi connectivity index (χ2n) is 5.93. The molecular weight excluding hydrogens is 292 g/mol. The molecule has 0 spiro atoms. The summed E-state index contributed by atoms with van der Waals surface area (Å²) in [6.07, 6.45) is 3.35. The second-order valence-corrected chi connectivity index (χ2v) is 5.93. The molecule has 6 heteroatoms. The first-order valence-electron chi connectivity index (χ1n) is 8.15. The van der Waals surface area contributed by atoms with E-state index in [4.69, 9.17) is 0 Å². The molecule has 1 saturated heterocycles. The molecule has 0 radical (unpaired) electrons. The van der Waals surface area contributed by atoms with Crippen molar-refractivity contribution in [2.75, 3.05) is 19.6 Å². The Balaban J connectivity index is 1.83. The minimum Gasteiger partial charge on any atom is -0.337 e. The maximum Gasteiger partial charge on any atom is 0.261 e. The summed E-state index contributed by atoms with van der Waals surface area (Å²) in [5.74, 6) is -0.0141. The van der Waals surface area contributed by atoms with E-state index in [-0.39, 0.29) is 24.1 Å². The highest BCUT2D eigenvalue weighted by Gasteiger charge is 2.26. The van der Waals surface area contributed by atoms with Gasteiger partial charge in [-0.2, -0.15) is 0 Å². The fourth-order valence-corrected chi connectivity index (χ4v) is 3.11. The summed E-state index contributed by atoms with van der Waals surface area (Å²) >= 11 is 0. The van der Waals surface area contributed by atoms with Gasteiger partial charge in [-0.05, 0) is 31.5 Å². The summed E-state index contributed by atoms with van der Waals surface area (Å²) in [5, 5.41) is 3.84. The normalized spacial score (nSPS) is 17.5. The Morgan fingerprint density at radius 2 is 2.26 bits per heavy atom. The summed E-state index contributed by atoms with van der Waals surface area (Å²) < 4.78 is 1.41. The van der Waals surface area contributed by atoms with Gasteiger partial charge in [0.25, 0.3) is 5.56 Å².